The fraction of sp³-hybridized carbons (Fsp3) is 0.389. The van der Waals surface area contributed by atoms with E-state index in [0.29, 0.717) is 11.7 Å². The number of sulfonamides is 1. The highest BCUT2D eigenvalue weighted by Crippen LogP contribution is 2.22. The normalized spacial score (nSPS) is 15.9. The molecule has 0 saturated heterocycles. The maximum atomic E-state index is 12.4. The number of nitrogens with one attached hydrogen (secondary N) is 2. The van der Waals surface area contributed by atoms with Crippen molar-refractivity contribution in [3.05, 3.63) is 48.2 Å². The van der Waals surface area contributed by atoms with Crippen molar-refractivity contribution in [2.45, 2.75) is 50.0 Å². The SMILES string of the molecule is Cc1ccc(S(=O)(=O)Nc2ccc(NC3CCCCC3)nc2)cc1. The van der Waals surface area contributed by atoms with Gasteiger partial charge in [0.15, 0.2) is 0 Å². The van der Waals surface area contributed by atoms with Gasteiger partial charge >= 0.3 is 0 Å². The van der Waals surface area contributed by atoms with Crippen LogP contribution in [0.3, 0.4) is 0 Å². The Labute approximate surface area is 143 Å². The molecule has 6 heteroatoms. The van der Waals surface area contributed by atoms with Crippen LogP contribution in [-0.4, -0.2) is 19.4 Å². The summed E-state index contributed by atoms with van der Waals surface area (Å²) in [7, 11) is -3.58. The molecule has 1 heterocycles. The third kappa shape index (κ3) is 4.26. The van der Waals surface area contributed by atoms with E-state index in [1.54, 1.807) is 36.5 Å². The summed E-state index contributed by atoms with van der Waals surface area (Å²) >= 11 is 0. The molecule has 0 bridgehead atoms. The summed E-state index contributed by atoms with van der Waals surface area (Å²) in [6.07, 6.45) is 7.72. The van der Waals surface area contributed by atoms with Crippen molar-refractivity contribution in [3.63, 3.8) is 0 Å². The molecule has 3 rings (SSSR count). The van der Waals surface area contributed by atoms with Crippen LogP contribution in [0.5, 0.6) is 0 Å². The van der Waals surface area contributed by atoms with Crippen molar-refractivity contribution in [2.24, 2.45) is 0 Å². The van der Waals surface area contributed by atoms with Gasteiger partial charge < -0.3 is 5.32 Å². The van der Waals surface area contributed by atoms with Crippen LogP contribution in [0, 0.1) is 6.92 Å². The Morgan fingerprint density at radius 2 is 1.71 bits per heavy atom. The highest BCUT2D eigenvalue weighted by atomic mass is 32.2. The van der Waals surface area contributed by atoms with Gasteiger partial charge in [-0.05, 0) is 44.0 Å². The summed E-state index contributed by atoms with van der Waals surface area (Å²) in [5.74, 6) is 0.792. The number of anilines is 2. The van der Waals surface area contributed by atoms with E-state index in [1.807, 2.05) is 13.0 Å². The number of rotatable bonds is 5. The third-order valence-electron chi connectivity index (χ3n) is 4.30. The minimum absolute atomic E-state index is 0.248. The van der Waals surface area contributed by atoms with E-state index < -0.39 is 10.0 Å². The van der Waals surface area contributed by atoms with Gasteiger partial charge in [-0.1, -0.05) is 37.0 Å². The molecule has 1 aliphatic carbocycles. The van der Waals surface area contributed by atoms with Crippen molar-refractivity contribution in [3.8, 4) is 0 Å². The molecule has 0 unspecified atom stereocenters. The van der Waals surface area contributed by atoms with Crippen LogP contribution >= 0.6 is 0 Å². The minimum Gasteiger partial charge on any atom is -0.367 e. The van der Waals surface area contributed by atoms with Crippen LogP contribution in [0.15, 0.2) is 47.5 Å². The summed E-state index contributed by atoms with van der Waals surface area (Å²) in [5.41, 5.74) is 1.48. The summed E-state index contributed by atoms with van der Waals surface area (Å²) in [6, 6.07) is 10.8. The molecule has 1 aliphatic rings. The second-order valence-corrected chi connectivity index (χ2v) is 8.01. The summed E-state index contributed by atoms with van der Waals surface area (Å²) in [4.78, 5) is 4.57. The number of hydrogen-bond donors (Lipinski definition) is 2. The van der Waals surface area contributed by atoms with Crippen molar-refractivity contribution in [2.75, 3.05) is 10.0 Å². The highest BCUT2D eigenvalue weighted by molar-refractivity contribution is 7.92. The van der Waals surface area contributed by atoms with E-state index in [0.717, 1.165) is 11.4 Å². The molecule has 2 N–H and O–H groups in total. The van der Waals surface area contributed by atoms with E-state index in [2.05, 4.69) is 15.0 Å². The van der Waals surface area contributed by atoms with Crippen LogP contribution in [-0.2, 0) is 10.0 Å². The summed E-state index contributed by atoms with van der Waals surface area (Å²) < 4.78 is 27.3. The molecule has 1 aromatic carbocycles. The molecule has 0 aliphatic heterocycles. The molecular weight excluding hydrogens is 322 g/mol. The van der Waals surface area contributed by atoms with Gasteiger partial charge in [0.1, 0.15) is 5.82 Å². The molecular formula is C18H23N3O2S. The van der Waals surface area contributed by atoms with E-state index in [-0.39, 0.29) is 4.90 Å². The zero-order chi connectivity index (χ0) is 17.0. The van der Waals surface area contributed by atoms with Crippen LogP contribution < -0.4 is 10.0 Å². The van der Waals surface area contributed by atoms with Gasteiger partial charge in [-0.3, -0.25) is 4.72 Å². The Morgan fingerprint density at radius 3 is 2.33 bits per heavy atom. The zero-order valence-electron chi connectivity index (χ0n) is 13.8. The second kappa shape index (κ2) is 7.21. The van der Waals surface area contributed by atoms with E-state index >= 15 is 0 Å². The van der Waals surface area contributed by atoms with Gasteiger partial charge in [0.25, 0.3) is 10.0 Å². The number of aromatic nitrogens is 1. The quantitative estimate of drug-likeness (QED) is 0.861. The number of nitrogens with zero attached hydrogens (tertiary/aromatic N) is 1. The lowest BCUT2D eigenvalue weighted by Crippen LogP contribution is -2.22. The van der Waals surface area contributed by atoms with Crippen molar-refractivity contribution in [1.29, 1.82) is 0 Å². The van der Waals surface area contributed by atoms with E-state index in [4.69, 9.17) is 0 Å². The Bertz CT molecular complexity index is 765. The third-order valence-corrected chi connectivity index (χ3v) is 5.70. The fourth-order valence-electron chi connectivity index (χ4n) is 2.93. The Balaban J connectivity index is 1.66. The van der Waals surface area contributed by atoms with Gasteiger partial charge in [0.05, 0.1) is 16.8 Å². The molecule has 0 amide bonds. The van der Waals surface area contributed by atoms with Gasteiger partial charge in [-0.25, -0.2) is 13.4 Å². The van der Waals surface area contributed by atoms with Gasteiger partial charge in [0.2, 0.25) is 0 Å². The lowest BCUT2D eigenvalue weighted by atomic mass is 9.95. The Morgan fingerprint density at radius 1 is 1.00 bits per heavy atom. The monoisotopic (exact) mass is 345 g/mol. The smallest absolute Gasteiger partial charge is 0.261 e. The average molecular weight is 345 g/mol. The molecule has 128 valence electrons. The fourth-order valence-corrected chi connectivity index (χ4v) is 3.97. The standard InChI is InChI=1S/C18H23N3O2S/c1-14-7-10-17(11-8-14)24(22,23)21-16-9-12-18(19-13-16)20-15-5-3-2-4-6-15/h7-13,15,21H,2-6H2,1H3,(H,19,20). The maximum Gasteiger partial charge on any atom is 0.261 e. The van der Waals surface area contributed by atoms with Gasteiger partial charge in [-0.2, -0.15) is 0 Å². The average Bonchev–Trinajstić information content (AvgIpc) is 2.58. The van der Waals surface area contributed by atoms with Crippen LogP contribution in [0.4, 0.5) is 11.5 Å². The molecule has 2 aromatic rings. The van der Waals surface area contributed by atoms with Crippen molar-refractivity contribution in [1.82, 2.24) is 4.98 Å². The largest absolute Gasteiger partial charge is 0.367 e. The van der Waals surface area contributed by atoms with Gasteiger partial charge in [0, 0.05) is 6.04 Å². The second-order valence-electron chi connectivity index (χ2n) is 6.33. The molecule has 1 aromatic heterocycles. The number of hydrogen-bond acceptors (Lipinski definition) is 4. The lowest BCUT2D eigenvalue weighted by Gasteiger charge is -2.23. The predicted octanol–water partition coefficient (Wildman–Crippen LogP) is 3.94. The Hall–Kier alpha value is -2.08. The van der Waals surface area contributed by atoms with E-state index in [9.17, 15) is 8.42 Å². The zero-order valence-corrected chi connectivity index (χ0v) is 14.6. The summed E-state index contributed by atoms with van der Waals surface area (Å²) in [5, 5.41) is 3.42. The Kier molecular flexibility index (Phi) is 5.04. The van der Waals surface area contributed by atoms with Crippen molar-refractivity contribution < 1.29 is 8.42 Å². The van der Waals surface area contributed by atoms with Crippen molar-refractivity contribution >= 4 is 21.5 Å². The molecule has 0 radical (unpaired) electrons. The lowest BCUT2D eigenvalue weighted by molar-refractivity contribution is 0.462. The topological polar surface area (TPSA) is 71.1 Å². The maximum absolute atomic E-state index is 12.4. The number of pyridine rings is 1. The number of aryl methyl sites for hydroxylation is 1. The van der Waals surface area contributed by atoms with Gasteiger partial charge in [-0.15, -0.1) is 0 Å². The van der Waals surface area contributed by atoms with Crippen LogP contribution in [0.25, 0.3) is 0 Å². The molecule has 1 saturated carbocycles. The molecule has 0 atom stereocenters. The number of benzene rings is 1. The highest BCUT2D eigenvalue weighted by Gasteiger charge is 2.15. The van der Waals surface area contributed by atoms with E-state index in [1.165, 1.54) is 32.1 Å². The summed E-state index contributed by atoms with van der Waals surface area (Å²) in [6.45, 7) is 1.92. The first kappa shape index (κ1) is 16.8. The van der Waals surface area contributed by atoms with Crippen LogP contribution in [0.2, 0.25) is 0 Å². The molecule has 1 fully saturated rings. The predicted molar refractivity (Wildman–Crippen MR) is 96.7 cm³/mol. The first-order valence-electron chi connectivity index (χ1n) is 8.35. The molecule has 0 spiro atoms. The first-order chi connectivity index (χ1) is 11.5. The van der Waals surface area contributed by atoms with Crippen LogP contribution in [0.1, 0.15) is 37.7 Å². The first-order valence-corrected chi connectivity index (χ1v) is 9.83. The molecule has 24 heavy (non-hydrogen) atoms. The minimum atomic E-state index is -3.58. The molecule has 5 nitrogen and oxygen atoms in total.